The van der Waals surface area contributed by atoms with Crippen LogP contribution in [0.4, 0.5) is 47.7 Å². The van der Waals surface area contributed by atoms with E-state index in [-0.39, 0.29) is 63.4 Å². The topological polar surface area (TPSA) is 232 Å². The number of aryl methyl sites for hydroxylation is 1. The van der Waals surface area contributed by atoms with Crippen LogP contribution >= 0.6 is 0 Å². The Balaban J connectivity index is 0.700. The van der Waals surface area contributed by atoms with Gasteiger partial charge in [-0.15, -0.1) is 10.2 Å². The molecule has 3 aliphatic rings. The Morgan fingerprint density at radius 1 is 0.800 bits per heavy atom. The van der Waals surface area contributed by atoms with Crippen LogP contribution in [-0.4, -0.2) is 137 Å². The summed E-state index contributed by atoms with van der Waals surface area (Å²) in [6.07, 6.45) is 2.46. The molecule has 0 unspecified atom stereocenters. The highest BCUT2D eigenvalue weighted by molar-refractivity contribution is 7.92. The summed E-state index contributed by atoms with van der Waals surface area (Å²) >= 11 is 0. The fourth-order valence-electron chi connectivity index (χ4n) is 11.3. The predicted molar refractivity (Wildman–Crippen MR) is 317 cm³/mol. The van der Waals surface area contributed by atoms with Crippen LogP contribution in [0.3, 0.4) is 0 Å². The molecule has 7 aromatic rings. The maximum Gasteiger partial charge on any atom is 0.405 e. The molecule has 24 heteroatoms. The zero-order chi connectivity index (χ0) is 60.3. The van der Waals surface area contributed by atoms with E-state index in [4.69, 9.17) is 4.74 Å². The Bertz CT molecular complexity index is 3720. The molecule has 0 spiro atoms. The molecule has 2 aromatic heterocycles. The van der Waals surface area contributed by atoms with Crippen molar-refractivity contribution in [2.24, 2.45) is 11.8 Å². The van der Waals surface area contributed by atoms with Crippen molar-refractivity contribution in [2.75, 3.05) is 79.1 Å². The van der Waals surface area contributed by atoms with Gasteiger partial charge in [0.1, 0.15) is 29.5 Å². The van der Waals surface area contributed by atoms with Gasteiger partial charge in [-0.1, -0.05) is 55.5 Å². The minimum Gasteiger partial charge on any atom is -0.508 e. The third-order valence-electron chi connectivity index (χ3n) is 15.7. The Morgan fingerprint density at radius 2 is 1.46 bits per heavy atom. The average Bonchev–Trinajstić information content (AvgIpc) is 2.51. The first-order valence-electron chi connectivity index (χ1n) is 28.2. The number of amides is 3. The van der Waals surface area contributed by atoms with Crippen molar-refractivity contribution >= 4 is 62.3 Å². The Hall–Kier alpha value is -8.77. The number of halogens is 3. The van der Waals surface area contributed by atoms with Crippen LogP contribution in [0.2, 0.25) is 0 Å². The number of carbonyl (C=O) groups excluding carboxylic acids is 3. The minimum atomic E-state index is -4.66. The smallest absolute Gasteiger partial charge is 0.405 e. The number of hydrogen-bond acceptors (Lipinski definition) is 15. The number of ether oxygens (including phenoxy) is 1. The lowest BCUT2D eigenvalue weighted by Crippen LogP contribution is -2.45. The normalized spacial score (nSPS) is 15.2. The number of likely N-dealkylation sites (tertiary alicyclic amines) is 1. The molecule has 446 valence electrons. The van der Waals surface area contributed by atoms with Gasteiger partial charge < -0.3 is 40.3 Å². The quantitative estimate of drug-likeness (QED) is 0.0627. The van der Waals surface area contributed by atoms with E-state index < -0.39 is 40.4 Å². The first kappa shape index (κ1) is 59.4. The summed E-state index contributed by atoms with van der Waals surface area (Å²) < 4.78 is 74.2. The third kappa shape index (κ3) is 13.3. The zero-order valence-electron chi connectivity index (χ0n) is 47.8. The van der Waals surface area contributed by atoms with Crippen LogP contribution in [0.25, 0.3) is 17.1 Å². The summed E-state index contributed by atoms with van der Waals surface area (Å²) in [5.41, 5.74) is 6.43. The lowest BCUT2D eigenvalue weighted by atomic mass is 9.88. The molecule has 20 nitrogen and oxygen atoms in total. The van der Waals surface area contributed by atoms with Crippen LogP contribution in [0, 0.1) is 11.8 Å². The van der Waals surface area contributed by atoms with Crippen molar-refractivity contribution < 1.29 is 50.9 Å². The van der Waals surface area contributed by atoms with Gasteiger partial charge in [0.2, 0.25) is 27.7 Å². The molecule has 0 radical (unpaired) electrons. The lowest BCUT2D eigenvalue weighted by molar-refractivity contribution is -0.137. The number of piperidine rings is 2. The summed E-state index contributed by atoms with van der Waals surface area (Å²) in [6, 6.07) is 30.6. The minimum absolute atomic E-state index is 0.00569. The van der Waals surface area contributed by atoms with E-state index in [2.05, 4.69) is 59.5 Å². The number of phenolic OH excluding ortho intramolecular Hbond substituents is 2. The number of benzene rings is 5. The van der Waals surface area contributed by atoms with Crippen LogP contribution < -0.4 is 29.5 Å². The van der Waals surface area contributed by atoms with Crippen molar-refractivity contribution in [3.63, 3.8) is 0 Å². The van der Waals surface area contributed by atoms with Crippen LogP contribution in [0.5, 0.6) is 17.2 Å². The van der Waals surface area contributed by atoms with E-state index in [0.29, 0.717) is 67.8 Å². The van der Waals surface area contributed by atoms with Crippen LogP contribution in [0.15, 0.2) is 109 Å². The average molecular weight is 1190 g/mol. The summed E-state index contributed by atoms with van der Waals surface area (Å²) in [5.74, 6) is -1.10. The van der Waals surface area contributed by atoms with E-state index in [1.54, 1.807) is 50.4 Å². The van der Waals surface area contributed by atoms with Gasteiger partial charge in [-0.2, -0.15) is 18.2 Å². The number of nitrogens with one attached hydrogen (secondary N) is 2. The molecule has 10 rings (SSSR count). The monoisotopic (exact) mass is 1180 g/mol. The van der Waals surface area contributed by atoms with E-state index in [0.717, 1.165) is 78.6 Å². The van der Waals surface area contributed by atoms with E-state index >= 15 is 0 Å². The highest BCUT2D eigenvalue weighted by atomic mass is 32.2. The molecule has 4 N–H and O–H groups in total. The number of para-hydroxylation sites is 1. The van der Waals surface area contributed by atoms with Gasteiger partial charge in [0.05, 0.1) is 41.6 Å². The largest absolute Gasteiger partial charge is 0.508 e. The van der Waals surface area contributed by atoms with Gasteiger partial charge in [-0.3, -0.25) is 23.9 Å². The molecule has 2 saturated heterocycles. The Kier molecular flexibility index (Phi) is 17.3. The highest BCUT2D eigenvalue weighted by Crippen LogP contribution is 2.42. The molecule has 3 amide bonds. The summed E-state index contributed by atoms with van der Waals surface area (Å²) in [7, 11) is -0.396. The van der Waals surface area contributed by atoms with E-state index in [1.165, 1.54) is 27.3 Å². The van der Waals surface area contributed by atoms with Crippen molar-refractivity contribution in [3.05, 3.63) is 143 Å². The number of carbonyl (C=O) groups is 3. The number of aromatic hydroxyl groups is 2. The second kappa shape index (κ2) is 24.8. The Labute approximate surface area is 490 Å². The molecule has 2 fully saturated rings. The van der Waals surface area contributed by atoms with Gasteiger partial charge in [0, 0.05) is 75.7 Å². The van der Waals surface area contributed by atoms with Crippen LogP contribution in [-0.2, 0) is 40.7 Å². The number of fused-ring (bicyclic) bond motifs is 2. The first-order valence-corrected chi connectivity index (χ1v) is 30.0. The number of sulfonamides is 1. The maximum absolute atomic E-state index is 13.9. The van der Waals surface area contributed by atoms with E-state index in [9.17, 15) is 46.2 Å². The number of hydrogen-bond donors (Lipinski definition) is 4. The zero-order valence-corrected chi connectivity index (χ0v) is 48.6. The molecular formula is C61H67F3N12O8S. The molecule has 5 aromatic carbocycles. The van der Waals surface area contributed by atoms with Gasteiger partial charge >= 0.3 is 6.18 Å². The predicted octanol–water partition coefficient (Wildman–Crippen LogP) is 9.15. The Morgan fingerprint density at radius 3 is 2.12 bits per heavy atom. The fourth-order valence-corrected chi connectivity index (χ4v) is 12.3. The summed E-state index contributed by atoms with van der Waals surface area (Å²) in [4.78, 5) is 57.3. The molecule has 0 bridgehead atoms. The SMILES string of the molecule is CCOc1cc(N2CCC(C(=O)N3CCC(Cc4ccc(CN(C)Cc5ccc(-n6c(C(=O)NCC(F)(F)F)nnc6-c6cc(CC)c(O)cc6O)cc5)cc4)CC3)CC2)ccc1Nc1ncc2c(n1)N(S(C)(=O)=O)c1ccccc1C(=O)N2C. The van der Waals surface area contributed by atoms with Crippen molar-refractivity contribution in [3.8, 4) is 34.3 Å². The molecular weight excluding hydrogens is 1120 g/mol. The number of phenols is 2. The highest BCUT2D eigenvalue weighted by Gasteiger charge is 2.37. The van der Waals surface area contributed by atoms with Gasteiger partial charge in [-0.25, -0.2) is 17.7 Å². The van der Waals surface area contributed by atoms with Crippen molar-refractivity contribution in [1.29, 1.82) is 0 Å². The lowest BCUT2D eigenvalue weighted by Gasteiger charge is -2.38. The summed E-state index contributed by atoms with van der Waals surface area (Å²) in [5, 5.41) is 34.2. The molecule has 0 atom stereocenters. The number of aromatic nitrogens is 5. The first-order chi connectivity index (χ1) is 40.7. The van der Waals surface area contributed by atoms with Crippen LogP contribution in [0.1, 0.15) is 82.8 Å². The second-order valence-corrected chi connectivity index (χ2v) is 23.6. The standard InChI is InChI=1S/C61H67F3N12O8S/c1-6-42-31-47(52(78)33-51(42)77)54-69-70-56(57(79)66-37-61(62,63)64)75(54)44-18-16-41(17-19-44)36-71(3)35-40-14-12-38(13-15-40)30-39-22-26-74(27-23-39)58(80)43-24-28-73(29-25-43)45-20-21-48(53(32-45)84-7-2)67-60-65-34-50-55(68-60)76(85(5,82)83)49-11-9-8-10-46(49)59(81)72(50)4/h8-21,31-34,39,43,77-78H,6-7,22-30,35-37H2,1-5H3,(H,66,79)(H,65,67,68). The third-order valence-corrected chi connectivity index (χ3v) is 16.8. The van der Waals surface area contributed by atoms with Crippen molar-refractivity contribution in [1.82, 2.24) is 39.8 Å². The second-order valence-electron chi connectivity index (χ2n) is 21.8. The van der Waals surface area contributed by atoms with Gasteiger partial charge in [-0.05, 0) is 123 Å². The number of anilines is 6. The number of nitrogens with zero attached hydrogens (tertiary/aromatic N) is 10. The molecule has 0 saturated carbocycles. The van der Waals surface area contributed by atoms with Gasteiger partial charge in [0.25, 0.3) is 11.8 Å². The van der Waals surface area contributed by atoms with Gasteiger partial charge in [0.15, 0.2) is 11.6 Å². The number of rotatable bonds is 18. The molecule has 5 heterocycles. The fraction of sp³-hybridized carbons (Fsp3) is 0.361. The molecule has 3 aliphatic heterocycles. The summed E-state index contributed by atoms with van der Waals surface area (Å²) in [6.45, 7) is 6.55. The molecule has 0 aliphatic carbocycles. The van der Waals surface area contributed by atoms with Crippen molar-refractivity contribution in [2.45, 2.75) is 71.6 Å². The molecule has 85 heavy (non-hydrogen) atoms. The maximum atomic E-state index is 13.9. The number of alkyl halides is 3. The van der Waals surface area contributed by atoms with E-state index in [1.807, 2.05) is 54.5 Å².